The van der Waals surface area contributed by atoms with Gasteiger partial charge in [-0.3, -0.25) is 4.79 Å². The quantitative estimate of drug-likeness (QED) is 0.898. The fraction of sp³-hybridized carbons (Fsp3) is 0.632. The lowest BCUT2D eigenvalue weighted by Crippen LogP contribution is -2.60. The lowest BCUT2D eigenvalue weighted by Gasteiger charge is -2.59. The van der Waals surface area contributed by atoms with Crippen LogP contribution in [0.2, 0.25) is 0 Å². The molecule has 2 atom stereocenters. The SMILES string of the molecule is O=C(NCCc1ccccc1)C12C[C@H]3C[C@@H](CC(O)(C3)C1)C2. The molecular formula is C19H25NO2. The first-order chi connectivity index (χ1) is 10.6. The Bertz CT molecular complexity index is 554. The monoisotopic (exact) mass is 299 g/mol. The molecule has 4 aliphatic rings. The molecule has 0 aromatic heterocycles. The maximum absolute atomic E-state index is 12.8. The van der Waals surface area contributed by atoms with Crippen LogP contribution in [0.25, 0.3) is 0 Å². The second-order valence-electron chi connectivity index (χ2n) is 7.96. The predicted octanol–water partition coefficient (Wildman–Crippen LogP) is 2.68. The summed E-state index contributed by atoms with van der Waals surface area (Å²) in [7, 11) is 0. The molecule has 3 nitrogen and oxygen atoms in total. The number of carbonyl (C=O) groups is 1. The van der Waals surface area contributed by atoms with Crippen molar-refractivity contribution in [3.05, 3.63) is 35.9 Å². The molecule has 0 aliphatic heterocycles. The highest BCUT2D eigenvalue weighted by Crippen LogP contribution is 2.61. The van der Waals surface area contributed by atoms with E-state index in [1.807, 2.05) is 18.2 Å². The highest BCUT2D eigenvalue weighted by molar-refractivity contribution is 5.83. The lowest BCUT2D eigenvalue weighted by atomic mass is 9.47. The fourth-order valence-corrected chi connectivity index (χ4v) is 5.63. The van der Waals surface area contributed by atoms with Crippen molar-refractivity contribution < 1.29 is 9.90 Å². The summed E-state index contributed by atoms with van der Waals surface area (Å²) < 4.78 is 0. The Labute approximate surface area is 132 Å². The van der Waals surface area contributed by atoms with E-state index in [0.29, 0.717) is 24.8 Å². The van der Waals surface area contributed by atoms with E-state index in [-0.39, 0.29) is 11.3 Å². The average molecular weight is 299 g/mol. The molecule has 0 radical (unpaired) electrons. The molecule has 4 saturated carbocycles. The Kier molecular flexibility index (Phi) is 3.30. The first-order valence-corrected chi connectivity index (χ1v) is 8.62. The number of rotatable bonds is 4. The van der Waals surface area contributed by atoms with Gasteiger partial charge in [-0.05, 0) is 62.3 Å². The van der Waals surface area contributed by atoms with E-state index < -0.39 is 5.60 Å². The lowest BCUT2D eigenvalue weighted by molar-refractivity contribution is -0.178. The van der Waals surface area contributed by atoms with Gasteiger partial charge in [-0.2, -0.15) is 0 Å². The van der Waals surface area contributed by atoms with Crippen molar-refractivity contribution in [1.82, 2.24) is 5.32 Å². The summed E-state index contributed by atoms with van der Waals surface area (Å²) in [6.07, 6.45) is 6.60. The molecule has 2 N–H and O–H groups in total. The number of benzene rings is 1. The molecular weight excluding hydrogens is 274 g/mol. The minimum atomic E-state index is -0.555. The normalized spacial score (nSPS) is 39.0. The summed E-state index contributed by atoms with van der Waals surface area (Å²) in [5, 5.41) is 13.9. The number of hydrogen-bond donors (Lipinski definition) is 2. The average Bonchev–Trinajstić information content (AvgIpc) is 2.45. The Balaban J connectivity index is 1.40. The van der Waals surface area contributed by atoms with E-state index in [4.69, 9.17) is 0 Å². The maximum Gasteiger partial charge on any atom is 0.226 e. The van der Waals surface area contributed by atoms with E-state index in [2.05, 4.69) is 17.4 Å². The summed E-state index contributed by atoms with van der Waals surface area (Å²) in [6.45, 7) is 0.693. The molecule has 4 bridgehead atoms. The van der Waals surface area contributed by atoms with Gasteiger partial charge in [0, 0.05) is 6.54 Å². The van der Waals surface area contributed by atoms with Crippen molar-refractivity contribution in [2.75, 3.05) is 6.54 Å². The molecule has 0 unspecified atom stereocenters. The van der Waals surface area contributed by atoms with Crippen LogP contribution in [0.3, 0.4) is 0 Å². The molecule has 5 rings (SSSR count). The largest absolute Gasteiger partial charge is 0.390 e. The zero-order valence-electron chi connectivity index (χ0n) is 13.1. The van der Waals surface area contributed by atoms with Crippen LogP contribution in [0.4, 0.5) is 0 Å². The van der Waals surface area contributed by atoms with Crippen molar-refractivity contribution in [2.24, 2.45) is 17.3 Å². The number of nitrogens with one attached hydrogen (secondary N) is 1. The summed E-state index contributed by atoms with van der Waals surface area (Å²) in [5.41, 5.74) is 0.419. The molecule has 22 heavy (non-hydrogen) atoms. The number of aliphatic hydroxyl groups is 1. The van der Waals surface area contributed by atoms with Crippen molar-refractivity contribution in [3.8, 4) is 0 Å². The molecule has 118 valence electrons. The van der Waals surface area contributed by atoms with E-state index in [9.17, 15) is 9.90 Å². The summed E-state index contributed by atoms with van der Waals surface area (Å²) >= 11 is 0. The molecule has 4 fully saturated rings. The summed E-state index contributed by atoms with van der Waals surface area (Å²) in [4.78, 5) is 12.8. The van der Waals surface area contributed by atoms with Gasteiger partial charge in [0.1, 0.15) is 0 Å². The van der Waals surface area contributed by atoms with Gasteiger partial charge in [-0.1, -0.05) is 30.3 Å². The zero-order chi connectivity index (χ0) is 15.2. The highest BCUT2D eigenvalue weighted by Gasteiger charge is 2.59. The van der Waals surface area contributed by atoms with E-state index in [1.165, 1.54) is 12.0 Å². The second kappa shape index (κ2) is 5.09. The molecule has 4 aliphatic carbocycles. The first kappa shape index (κ1) is 14.3. The smallest absolute Gasteiger partial charge is 0.226 e. The second-order valence-corrected chi connectivity index (χ2v) is 7.96. The van der Waals surface area contributed by atoms with Crippen LogP contribution < -0.4 is 5.32 Å². The summed E-state index contributed by atoms with van der Waals surface area (Å²) in [5.74, 6) is 1.31. The molecule has 1 amide bonds. The van der Waals surface area contributed by atoms with Gasteiger partial charge >= 0.3 is 0 Å². The Morgan fingerprint density at radius 1 is 1.14 bits per heavy atom. The third kappa shape index (κ3) is 2.45. The minimum Gasteiger partial charge on any atom is -0.390 e. The van der Waals surface area contributed by atoms with Gasteiger partial charge in [0.2, 0.25) is 5.91 Å². The van der Waals surface area contributed by atoms with E-state index in [0.717, 1.165) is 32.1 Å². The molecule has 1 aromatic rings. The van der Waals surface area contributed by atoms with Gasteiger partial charge in [0.05, 0.1) is 11.0 Å². The van der Waals surface area contributed by atoms with Gasteiger partial charge in [-0.25, -0.2) is 0 Å². The zero-order valence-corrected chi connectivity index (χ0v) is 13.1. The number of hydrogen-bond acceptors (Lipinski definition) is 2. The van der Waals surface area contributed by atoms with Crippen molar-refractivity contribution in [2.45, 2.75) is 50.5 Å². The minimum absolute atomic E-state index is 0.191. The van der Waals surface area contributed by atoms with Crippen molar-refractivity contribution in [3.63, 3.8) is 0 Å². The van der Waals surface area contributed by atoms with Gasteiger partial charge in [0.15, 0.2) is 0 Å². The topological polar surface area (TPSA) is 49.3 Å². The maximum atomic E-state index is 12.8. The third-order valence-corrected chi connectivity index (χ3v) is 6.05. The number of amides is 1. The van der Waals surface area contributed by atoms with Gasteiger partial charge < -0.3 is 10.4 Å². The standard InChI is InChI=1S/C19H25NO2/c21-17(20-7-6-14-4-2-1-3-5-14)18-9-15-8-16(10-18)12-19(22,11-15)13-18/h1-5,15-16,22H,6-13H2,(H,20,21)/t15-,16-,18?,19?/m1/s1. The van der Waals surface area contributed by atoms with Crippen LogP contribution in [0.15, 0.2) is 30.3 Å². The van der Waals surface area contributed by atoms with Crippen molar-refractivity contribution >= 4 is 5.91 Å². The van der Waals surface area contributed by atoms with E-state index in [1.54, 1.807) is 0 Å². The van der Waals surface area contributed by atoms with E-state index >= 15 is 0 Å². The number of carbonyl (C=O) groups excluding carboxylic acids is 1. The van der Waals surface area contributed by atoms with Crippen LogP contribution in [0, 0.1) is 17.3 Å². The molecule has 3 heteroatoms. The summed E-state index contributed by atoms with van der Waals surface area (Å²) in [6, 6.07) is 10.3. The Hall–Kier alpha value is -1.35. The molecule has 0 heterocycles. The fourth-order valence-electron chi connectivity index (χ4n) is 5.63. The molecule has 0 spiro atoms. The van der Waals surface area contributed by atoms with Gasteiger partial charge in [0.25, 0.3) is 0 Å². The predicted molar refractivity (Wildman–Crippen MR) is 85.2 cm³/mol. The Morgan fingerprint density at radius 3 is 2.45 bits per heavy atom. The van der Waals surface area contributed by atoms with Gasteiger partial charge in [-0.15, -0.1) is 0 Å². The van der Waals surface area contributed by atoms with Crippen LogP contribution >= 0.6 is 0 Å². The molecule has 1 aromatic carbocycles. The Morgan fingerprint density at radius 2 is 1.82 bits per heavy atom. The first-order valence-electron chi connectivity index (χ1n) is 8.62. The highest BCUT2D eigenvalue weighted by atomic mass is 16.3. The van der Waals surface area contributed by atoms with Crippen LogP contribution in [0.1, 0.15) is 44.1 Å². The van der Waals surface area contributed by atoms with Crippen LogP contribution in [0.5, 0.6) is 0 Å². The van der Waals surface area contributed by atoms with Crippen LogP contribution in [-0.2, 0) is 11.2 Å². The van der Waals surface area contributed by atoms with Crippen molar-refractivity contribution in [1.29, 1.82) is 0 Å². The third-order valence-electron chi connectivity index (χ3n) is 6.05. The van der Waals surface area contributed by atoms with Crippen LogP contribution in [-0.4, -0.2) is 23.2 Å². The molecule has 0 saturated heterocycles.